The Kier molecular flexibility index (Phi) is 6.68. The zero-order valence-corrected chi connectivity index (χ0v) is 16.2. The van der Waals surface area contributed by atoms with E-state index >= 15 is 0 Å². The highest BCUT2D eigenvalue weighted by atomic mass is 16.5. The third-order valence-corrected chi connectivity index (χ3v) is 4.45. The minimum absolute atomic E-state index is 0.0181. The van der Waals surface area contributed by atoms with E-state index in [0.29, 0.717) is 19.4 Å². The number of nitrogens with zero attached hydrogens (tertiary/aromatic N) is 2. The molecule has 3 aromatic rings. The first kappa shape index (κ1) is 19.5. The van der Waals surface area contributed by atoms with Gasteiger partial charge in [-0.3, -0.25) is 4.79 Å². The summed E-state index contributed by atoms with van der Waals surface area (Å²) in [7, 11) is 1.63. The van der Waals surface area contributed by atoms with Crippen molar-refractivity contribution in [2.75, 3.05) is 13.7 Å². The average Bonchev–Trinajstić information content (AvgIpc) is 3.26. The molecule has 1 amide bonds. The normalized spacial score (nSPS) is 11.6. The second-order valence-electron chi connectivity index (χ2n) is 6.48. The molecule has 6 nitrogen and oxygen atoms in total. The first-order valence-electron chi connectivity index (χ1n) is 9.30. The molecule has 0 saturated heterocycles. The molecule has 28 heavy (non-hydrogen) atoms. The molecule has 0 aliphatic carbocycles. The summed E-state index contributed by atoms with van der Waals surface area (Å²) in [5.74, 6) is 1.58. The number of rotatable bonds is 9. The van der Waals surface area contributed by atoms with Crippen LogP contribution in [0.3, 0.4) is 0 Å². The first-order chi connectivity index (χ1) is 13.7. The van der Waals surface area contributed by atoms with Crippen LogP contribution in [0.2, 0.25) is 0 Å². The number of amides is 1. The van der Waals surface area contributed by atoms with Gasteiger partial charge in [-0.25, -0.2) is 4.98 Å². The van der Waals surface area contributed by atoms with Crippen LogP contribution in [0.15, 0.2) is 67.3 Å². The molecule has 3 rings (SSSR count). The second kappa shape index (κ2) is 9.60. The average molecular weight is 379 g/mol. The number of hydrogen-bond donors (Lipinski definition) is 1. The Morgan fingerprint density at radius 2 is 1.82 bits per heavy atom. The van der Waals surface area contributed by atoms with Crippen LogP contribution in [-0.2, 0) is 4.79 Å². The molecule has 2 aromatic carbocycles. The molecule has 0 bridgehead atoms. The molecule has 0 radical (unpaired) electrons. The van der Waals surface area contributed by atoms with Crippen molar-refractivity contribution < 1.29 is 14.3 Å². The molecule has 0 aliphatic heterocycles. The number of carbonyl (C=O) groups excluding carboxylic acids is 1. The van der Waals surface area contributed by atoms with Gasteiger partial charge in [-0.05, 0) is 55.3 Å². The van der Waals surface area contributed by atoms with E-state index in [1.165, 1.54) is 0 Å². The van der Waals surface area contributed by atoms with Gasteiger partial charge in [-0.2, -0.15) is 0 Å². The summed E-state index contributed by atoms with van der Waals surface area (Å²) in [6, 6.07) is 15.4. The maximum Gasteiger partial charge on any atom is 0.220 e. The molecular weight excluding hydrogens is 354 g/mol. The Hall–Kier alpha value is -3.28. The van der Waals surface area contributed by atoms with Crippen LogP contribution in [0.4, 0.5) is 0 Å². The summed E-state index contributed by atoms with van der Waals surface area (Å²) < 4.78 is 12.7. The minimum Gasteiger partial charge on any atom is -0.497 e. The van der Waals surface area contributed by atoms with Crippen molar-refractivity contribution in [2.45, 2.75) is 25.8 Å². The lowest BCUT2D eigenvalue weighted by Crippen LogP contribution is -2.26. The van der Waals surface area contributed by atoms with E-state index in [4.69, 9.17) is 9.47 Å². The molecule has 0 saturated carbocycles. The van der Waals surface area contributed by atoms with Crippen LogP contribution >= 0.6 is 0 Å². The Bertz CT molecular complexity index is 859. The maximum atomic E-state index is 12.2. The summed E-state index contributed by atoms with van der Waals surface area (Å²) in [6.07, 6.45) is 6.48. The second-order valence-corrected chi connectivity index (χ2v) is 6.48. The van der Waals surface area contributed by atoms with E-state index in [0.717, 1.165) is 22.7 Å². The number of aromatic nitrogens is 2. The third-order valence-electron chi connectivity index (χ3n) is 4.45. The fourth-order valence-corrected chi connectivity index (χ4v) is 2.84. The molecular formula is C22H25N3O3. The van der Waals surface area contributed by atoms with E-state index in [2.05, 4.69) is 10.3 Å². The topological polar surface area (TPSA) is 65.4 Å². The van der Waals surface area contributed by atoms with E-state index in [1.807, 2.05) is 66.2 Å². The SMILES string of the molecule is COc1ccc(OCCCC(=O)NC(C)c2ccc(-n3ccnc3)cc2)cc1. The maximum absolute atomic E-state index is 12.2. The van der Waals surface area contributed by atoms with Crippen LogP contribution in [0, 0.1) is 0 Å². The largest absolute Gasteiger partial charge is 0.497 e. The molecule has 0 spiro atoms. The Balaban J connectivity index is 1.40. The molecule has 1 aromatic heterocycles. The summed E-state index contributed by atoms with van der Waals surface area (Å²) in [5.41, 5.74) is 2.10. The Labute approximate surface area is 165 Å². The molecule has 0 aliphatic rings. The smallest absolute Gasteiger partial charge is 0.220 e. The van der Waals surface area contributed by atoms with Gasteiger partial charge in [0.05, 0.1) is 26.1 Å². The van der Waals surface area contributed by atoms with Crippen molar-refractivity contribution in [1.82, 2.24) is 14.9 Å². The summed E-state index contributed by atoms with van der Waals surface area (Å²) in [4.78, 5) is 16.2. The lowest BCUT2D eigenvalue weighted by molar-refractivity contribution is -0.121. The summed E-state index contributed by atoms with van der Waals surface area (Å²) in [5, 5.41) is 3.03. The molecule has 1 atom stereocenters. The first-order valence-corrected chi connectivity index (χ1v) is 9.30. The van der Waals surface area contributed by atoms with Gasteiger partial charge in [0.1, 0.15) is 11.5 Å². The van der Waals surface area contributed by atoms with E-state index in [9.17, 15) is 4.79 Å². The van der Waals surface area contributed by atoms with Crippen LogP contribution in [0.25, 0.3) is 5.69 Å². The fourth-order valence-electron chi connectivity index (χ4n) is 2.84. The lowest BCUT2D eigenvalue weighted by Gasteiger charge is -2.15. The number of methoxy groups -OCH3 is 1. The number of carbonyl (C=O) groups is 1. The quantitative estimate of drug-likeness (QED) is 0.573. The number of nitrogens with one attached hydrogen (secondary N) is 1. The zero-order valence-electron chi connectivity index (χ0n) is 16.2. The highest BCUT2D eigenvalue weighted by molar-refractivity contribution is 5.76. The zero-order chi connectivity index (χ0) is 19.8. The van der Waals surface area contributed by atoms with E-state index in [-0.39, 0.29) is 11.9 Å². The summed E-state index contributed by atoms with van der Waals surface area (Å²) >= 11 is 0. The molecule has 0 fully saturated rings. The number of ether oxygens (including phenoxy) is 2. The number of imidazole rings is 1. The predicted molar refractivity (Wildman–Crippen MR) is 108 cm³/mol. The lowest BCUT2D eigenvalue weighted by atomic mass is 10.1. The van der Waals surface area contributed by atoms with Gasteiger partial charge < -0.3 is 19.4 Å². The van der Waals surface area contributed by atoms with Gasteiger partial charge in [-0.1, -0.05) is 12.1 Å². The molecule has 1 heterocycles. The molecule has 6 heteroatoms. The van der Waals surface area contributed by atoms with Crippen molar-refractivity contribution >= 4 is 5.91 Å². The van der Waals surface area contributed by atoms with Gasteiger partial charge in [0.15, 0.2) is 0 Å². The number of hydrogen-bond acceptors (Lipinski definition) is 4. The molecule has 1 N–H and O–H groups in total. The van der Waals surface area contributed by atoms with Gasteiger partial charge in [-0.15, -0.1) is 0 Å². The van der Waals surface area contributed by atoms with Gasteiger partial charge in [0.2, 0.25) is 5.91 Å². The van der Waals surface area contributed by atoms with Crippen molar-refractivity contribution in [3.63, 3.8) is 0 Å². The molecule has 1 unspecified atom stereocenters. The van der Waals surface area contributed by atoms with Crippen LogP contribution in [-0.4, -0.2) is 29.2 Å². The van der Waals surface area contributed by atoms with Crippen molar-refractivity contribution in [2.24, 2.45) is 0 Å². The highest BCUT2D eigenvalue weighted by Gasteiger charge is 2.10. The van der Waals surface area contributed by atoms with Gasteiger partial charge in [0.25, 0.3) is 0 Å². The Morgan fingerprint density at radius 3 is 2.46 bits per heavy atom. The Morgan fingerprint density at radius 1 is 1.11 bits per heavy atom. The minimum atomic E-state index is -0.0492. The standard InChI is InChI=1S/C22H25N3O3/c1-17(18-5-7-19(8-6-18)25-14-13-23-16-25)24-22(26)4-3-15-28-21-11-9-20(27-2)10-12-21/h5-14,16-17H,3-4,15H2,1-2H3,(H,24,26). The van der Waals surface area contributed by atoms with Crippen molar-refractivity contribution in [1.29, 1.82) is 0 Å². The summed E-state index contributed by atoms with van der Waals surface area (Å²) in [6.45, 7) is 2.48. The predicted octanol–water partition coefficient (Wildman–Crippen LogP) is 3.92. The fraction of sp³-hybridized carbons (Fsp3) is 0.273. The van der Waals surface area contributed by atoms with Gasteiger partial charge in [0, 0.05) is 24.5 Å². The van der Waals surface area contributed by atoms with Crippen molar-refractivity contribution in [3.8, 4) is 17.2 Å². The van der Waals surface area contributed by atoms with Gasteiger partial charge >= 0.3 is 0 Å². The van der Waals surface area contributed by atoms with Crippen LogP contribution in [0.5, 0.6) is 11.5 Å². The van der Waals surface area contributed by atoms with E-state index < -0.39 is 0 Å². The van der Waals surface area contributed by atoms with Crippen LogP contribution < -0.4 is 14.8 Å². The monoisotopic (exact) mass is 379 g/mol. The molecule has 146 valence electrons. The van der Waals surface area contributed by atoms with Crippen molar-refractivity contribution in [3.05, 3.63) is 72.8 Å². The van der Waals surface area contributed by atoms with E-state index in [1.54, 1.807) is 19.6 Å². The van der Waals surface area contributed by atoms with Crippen LogP contribution in [0.1, 0.15) is 31.4 Å². The highest BCUT2D eigenvalue weighted by Crippen LogP contribution is 2.18. The third kappa shape index (κ3) is 5.36. The number of benzene rings is 2.